The molecule has 1 heterocycles. The monoisotopic (exact) mass is 343 g/mol. The van der Waals surface area contributed by atoms with Crippen molar-refractivity contribution in [2.45, 2.75) is 12.8 Å². The first-order chi connectivity index (χ1) is 12.1. The third-order valence-corrected chi connectivity index (χ3v) is 4.23. The van der Waals surface area contributed by atoms with Crippen LogP contribution in [0.2, 0.25) is 0 Å². The van der Waals surface area contributed by atoms with Gasteiger partial charge in [0.05, 0.1) is 24.6 Å². The van der Waals surface area contributed by atoms with E-state index in [1.54, 1.807) is 0 Å². The summed E-state index contributed by atoms with van der Waals surface area (Å²) < 4.78 is 12.9. The number of carbonyl (C=O) groups excluding carboxylic acids is 1. The van der Waals surface area contributed by atoms with Gasteiger partial charge in [-0.15, -0.1) is 0 Å². The van der Waals surface area contributed by atoms with Gasteiger partial charge in [-0.1, -0.05) is 0 Å². The minimum Gasteiger partial charge on any atom is -0.325 e. The van der Waals surface area contributed by atoms with Crippen molar-refractivity contribution in [3.63, 3.8) is 0 Å². The molecule has 6 nitrogen and oxygen atoms in total. The number of hydrogen-bond acceptors (Lipinski definition) is 5. The molecule has 0 radical (unpaired) electrons. The van der Waals surface area contributed by atoms with Crippen LogP contribution >= 0.6 is 0 Å². The zero-order valence-corrected chi connectivity index (χ0v) is 14.1. The van der Waals surface area contributed by atoms with Crippen LogP contribution in [-0.2, 0) is 4.79 Å². The molecule has 1 amide bonds. The molecule has 1 aliphatic heterocycles. The minimum absolute atomic E-state index is 0.118. The number of piperazine rings is 1. The van der Waals surface area contributed by atoms with Crippen LogP contribution in [0.4, 0.5) is 10.1 Å². The Labute approximate surface area is 147 Å². The normalized spacial score (nSPS) is 16.6. The number of carbonyl (C=O) groups is 1. The molecule has 2 rings (SSSR count). The van der Waals surface area contributed by atoms with Gasteiger partial charge in [0.2, 0.25) is 5.91 Å². The van der Waals surface area contributed by atoms with Crippen molar-refractivity contribution in [1.82, 2.24) is 9.80 Å². The van der Waals surface area contributed by atoms with Crippen LogP contribution in [0.5, 0.6) is 0 Å². The number of benzene rings is 1. The number of halogens is 1. The number of hydrogen-bond donors (Lipinski definition) is 1. The molecule has 0 aromatic heterocycles. The lowest BCUT2D eigenvalue weighted by Crippen LogP contribution is -2.49. The lowest BCUT2D eigenvalue weighted by Gasteiger charge is -2.35. The molecule has 1 atom stereocenters. The number of nitrogens with one attached hydrogen (secondary N) is 1. The summed E-state index contributed by atoms with van der Waals surface area (Å²) in [5.41, 5.74) is 0.583. The maximum absolute atomic E-state index is 12.9. The van der Waals surface area contributed by atoms with Gasteiger partial charge >= 0.3 is 0 Å². The molecule has 132 valence electrons. The number of nitrogens with zero attached hydrogens (tertiary/aromatic N) is 4. The van der Waals surface area contributed by atoms with Crippen LogP contribution < -0.4 is 5.32 Å². The minimum atomic E-state index is -0.334. The van der Waals surface area contributed by atoms with Crippen LogP contribution in [0.3, 0.4) is 0 Å². The molecule has 1 fully saturated rings. The molecule has 0 saturated carbocycles. The number of rotatable bonds is 7. The van der Waals surface area contributed by atoms with Crippen molar-refractivity contribution in [1.29, 1.82) is 10.5 Å². The van der Waals surface area contributed by atoms with E-state index in [1.807, 2.05) is 0 Å². The Bertz CT molecular complexity index is 641. The van der Waals surface area contributed by atoms with Gasteiger partial charge in [0.15, 0.2) is 0 Å². The van der Waals surface area contributed by atoms with Gasteiger partial charge < -0.3 is 5.32 Å². The summed E-state index contributed by atoms with van der Waals surface area (Å²) in [6.07, 6.45) is 1.01. The van der Waals surface area contributed by atoms with Crippen LogP contribution in [0.1, 0.15) is 12.8 Å². The van der Waals surface area contributed by atoms with E-state index in [1.165, 1.54) is 24.3 Å². The van der Waals surface area contributed by atoms with E-state index in [4.69, 9.17) is 10.5 Å². The summed E-state index contributed by atoms with van der Waals surface area (Å²) in [5.74, 6) is -0.573. The second-order valence-electron chi connectivity index (χ2n) is 6.15. The van der Waals surface area contributed by atoms with Gasteiger partial charge in [-0.2, -0.15) is 10.5 Å². The summed E-state index contributed by atoms with van der Waals surface area (Å²) in [6.45, 7) is 4.08. The van der Waals surface area contributed by atoms with Crippen molar-refractivity contribution in [3.8, 4) is 12.1 Å². The smallest absolute Gasteiger partial charge is 0.238 e. The Morgan fingerprint density at radius 1 is 1.16 bits per heavy atom. The third-order valence-electron chi connectivity index (χ3n) is 4.23. The molecule has 1 aromatic carbocycles. The molecular weight excluding hydrogens is 321 g/mol. The molecule has 1 aliphatic rings. The van der Waals surface area contributed by atoms with E-state index < -0.39 is 0 Å². The Morgan fingerprint density at radius 3 is 2.40 bits per heavy atom. The highest BCUT2D eigenvalue weighted by atomic mass is 19.1. The second kappa shape index (κ2) is 9.73. The fourth-order valence-electron chi connectivity index (χ4n) is 2.81. The van der Waals surface area contributed by atoms with Crippen molar-refractivity contribution < 1.29 is 9.18 Å². The zero-order chi connectivity index (χ0) is 18.1. The molecular formula is C18H22FN5O. The van der Waals surface area contributed by atoms with E-state index in [0.717, 1.165) is 26.2 Å². The Morgan fingerprint density at radius 2 is 1.80 bits per heavy atom. The molecule has 1 saturated heterocycles. The first-order valence-corrected chi connectivity index (χ1v) is 8.37. The van der Waals surface area contributed by atoms with Crippen LogP contribution in [0.15, 0.2) is 24.3 Å². The molecule has 0 bridgehead atoms. The third kappa shape index (κ3) is 6.50. The lowest BCUT2D eigenvalue weighted by atomic mass is 10.0. The second-order valence-corrected chi connectivity index (χ2v) is 6.15. The highest BCUT2D eigenvalue weighted by molar-refractivity contribution is 5.92. The van der Waals surface area contributed by atoms with Crippen molar-refractivity contribution in [2.24, 2.45) is 5.92 Å². The molecule has 0 spiro atoms. The van der Waals surface area contributed by atoms with Gasteiger partial charge in [0, 0.05) is 44.8 Å². The van der Waals surface area contributed by atoms with Crippen LogP contribution in [0.25, 0.3) is 0 Å². The molecule has 25 heavy (non-hydrogen) atoms. The average molecular weight is 343 g/mol. The largest absolute Gasteiger partial charge is 0.325 e. The Kier molecular flexibility index (Phi) is 7.34. The van der Waals surface area contributed by atoms with Gasteiger partial charge in [-0.3, -0.25) is 14.6 Å². The molecule has 0 unspecified atom stereocenters. The first-order valence-electron chi connectivity index (χ1n) is 8.37. The molecule has 1 aromatic rings. The lowest BCUT2D eigenvalue weighted by molar-refractivity contribution is -0.117. The Balaban J connectivity index is 1.71. The molecule has 0 aliphatic carbocycles. The van der Waals surface area contributed by atoms with Crippen molar-refractivity contribution >= 4 is 11.6 Å². The van der Waals surface area contributed by atoms with Gasteiger partial charge in [0.25, 0.3) is 0 Å². The predicted molar refractivity (Wildman–Crippen MR) is 91.9 cm³/mol. The summed E-state index contributed by atoms with van der Waals surface area (Å²) in [6, 6.07) is 10.0. The highest BCUT2D eigenvalue weighted by Gasteiger charge is 2.21. The summed E-state index contributed by atoms with van der Waals surface area (Å²) in [7, 11) is 0. The standard InChI is InChI=1S/C18H22FN5O/c19-16-3-5-17(6-4-16)22-18(25)14-24-10-8-23(9-11-24)13-15(12-21)2-1-7-20/h3-6,15H,1-2,8-11,13-14H2,(H,22,25)/t15-/m1/s1. The van der Waals surface area contributed by atoms with Crippen molar-refractivity contribution in [3.05, 3.63) is 30.1 Å². The maximum Gasteiger partial charge on any atom is 0.238 e. The van der Waals surface area contributed by atoms with Crippen LogP contribution in [-0.4, -0.2) is 55.0 Å². The topological polar surface area (TPSA) is 83.2 Å². The number of anilines is 1. The van der Waals surface area contributed by atoms with Crippen LogP contribution in [0, 0.1) is 34.4 Å². The Hall–Kier alpha value is -2.48. The average Bonchev–Trinajstić information content (AvgIpc) is 2.62. The van der Waals surface area contributed by atoms with E-state index in [-0.39, 0.29) is 17.6 Å². The quantitative estimate of drug-likeness (QED) is 0.816. The molecule has 1 N–H and O–H groups in total. The maximum atomic E-state index is 12.9. The van der Waals surface area contributed by atoms with E-state index in [9.17, 15) is 9.18 Å². The number of amides is 1. The van der Waals surface area contributed by atoms with Gasteiger partial charge in [-0.25, -0.2) is 4.39 Å². The van der Waals surface area contributed by atoms with E-state index >= 15 is 0 Å². The fraction of sp³-hybridized carbons (Fsp3) is 0.500. The van der Waals surface area contributed by atoms with Gasteiger partial charge in [-0.05, 0) is 30.7 Å². The number of nitriles is 2. The molecule has 7 heteroatoms. The van der Waals surface area contributed by atoms with E-state index in [2.05, 4.69) is 27.3 Å². The summed E-state index contributed by atoms with van der Waals surface area (Å²) in [5, 5.41) is 20.5. The zero-order valence-electron chi connectivity index (χ0n) is 14.1. The van der Waals surface area contributed by atoms with Crippen molar-refractivity contribution in [2.75, 3.05) is 44.6 Å². The van der Waals surface area contributed by atoms with Gasteiger partial charge in [0.1, 0.15) is 5.82 Å². The fourth-order valence-corrected chi connectivity index (χ4v) is 2.81. The summed E-state index contributed by atoms with van der Waals surface area (Å²) in [4.78, 5) is 16.3. The SMILES string of the molecule is N#CCC[C@H](C#N)CN1CCN(CC(=O)Nc2ccc(F)cc2)CC1. The predicted octanol–water partition coefficient (Wildman–Crippen LogP) is 1.83. The highest BCUT2D eigenvalue weighted by Crippen LogP contribution is 2.11. The summed E-state index contributed by atoms with van der Waals surface area (Å²) >= 11 is 0. The first kappa shape index (κ1) is 18.9. The van der Waals surface area contributed by atoms with E-state index in [0.29, 0.717) is 31.6 Å².